The van der Waals surface area contributed by atoms with Crippen molar-refractivity contribution in [3.8, 4) is 0 Å². The first-order valence-corrected chi connectivity index (χ1v) is 26.9. The van der Waals surface area contributed by atoms with E-state index in [9.17, 15) is 67.8 Å². The van der Waals surface area contributed by atoms with Gasteiger partial charge in [0.2, 0.25) is 35.7 Å². The number of hydrogen-bond acceptors (Lipinski definition) is 27. The van der Waals surface area contributed by atoms with Crippen molar-refractivity contribution in [2.45, 2.75) is 19.6 Å². The molecule has 72 heavy (non-hydrogen) atoms. The van der Waals surface area contributed by atoms with E-state index in [4.69, 9.17) is 0 Å². The molecule has 6 rings (SSSR count). The van der Waals surface area contributed by atoms with Gasteiger partial charge >= 0.3 is 0 Å². The SMILES string of the molecule is CS(=O)(=O)c1cc(Nc2nc(Nc3ccc(S(=O)(=O)[O-])cc3)nc(N(CCO)CCO)n2)ccc1/C=C/c1ccc(Nc2nc(Nc3ccc(S(=O)(=O)[O-])cc3)nc(N(CCO)CCO)n2)cc1S(=O)(=O)[O-]. The molecule has 0 unspecified atom stereocenters. The number of aliphatic hydroxyl groups is 4. The van der Waals surface area contributed by atoms with Gasteiger partial charge in [-0.15, -0.1) is 0 Å². The number of hydrogen-bond donors (Lipinski definition) is 8. The van der Waals surface area contributed by atoms with Crippen LogP contribution in [0.2, 0.25) is 0 Å². The highest BCUT2D eigenvalue weighted by Crippen LogP contribution is 2.30. The van der Waals surface area contributed by atoms with Gasteiger partial charge in [0.05, 0.1) is 46.0 Å². The number of nitrogens with one attached hydrogen (secondary N) is 4. The van der Waals surface area contributed by atoms with Crippen LogP contribution in [0.3, 0.4) is 0 Å². The Morgan fingerprint density at radius 2 is 0.750 bits per heavy atom. The monoisotopic (exact) mass is 1070 g/mol. The van der Waals surface area contributed by atoms with E-state index in [1.165, 1.54) is 76.5 Å². The van der Waals surface area contributed by atoms with E-state index in [1.54, 1.807) is 0 Å². The number of benzene rings is 4. The van der Waals surface area contributed by atoms with Gasteiger partial charge in [-0.3, -0.25) is 0 Å². The van der Waals surface area contributed by atoms with E-state index < -0.39 is 54.9 Å². The van der Waals surface area contributed by atoms with Gasteiger partial charge in [-0.25, -0.2) is 33.7 Å². The molecule has 2 heterocycles. The molecule has 0 saturated heterocycles. The Kier molecular flexibility index (Phi) is 17.4. The van der Waals surface area contributed by atoms with Gasteiger partial charge in [-0.1, -0.05) is 24.3 Å². The molecular formula is C41H43N12O15S4-3. The third-order valence-electron chi connectivity index (χ3n) is 9.74. The Balaban J connectivity index is 1.31. The summed E-state index contributed by atoms with van der Waals surface area (Å²) >= 11 is 0. The average Bonchev–Trinajstić information content (AvgIpc) is 3.30. The van der Waals surface area contributed by atoms with Crippen molar-refractivity contribution in [1.29, 1.82) is 0 Å². The maximum atomic E-state index is 13.2. The Morgan fingerprint density at radius 1 is 0.444 bits per heavy atom. The molecule has 0 aliphatic heterocycles. The molecule has 4 aromatic carbocycles. The third kappa shape index (κ3) is 14.8. The zero-order valence-corrected chi connectivity index (χ0v) is 40.7. The summed E-state index contributed by atoms with van der Waals surface area (Å²) in [5.41, 5.74) is 0.473. The number of sulfone groups is 1. The zero-order chi connectivity index (χ0) is 52.4. The molecule has 2 aromatic heterocycles. The van der Waals surface area contributed by atoms with E-state index >= 15 is 0 Å². The normalized spacial score (nSPS) is 12.2. The molecule has 0 spiro atoms. The predicted molar refractivity (Wildman–Crippen MR) is 257 cm³/mol. The van der Waals surface area contributed by atoms with Crippen LogP contribution in [0, 0.1) is 0 Å². The van der Waals surface area contributed by atoms with E-state index in [0.29, 0.717) is 0 Å². The maximum absolute atomic E-state index is 13.2. The van der Waals surface area contributed by atoms with Gasteiger partial charge in [-0.2, -0.15) is 29.9 Å². The minimum Gasteiger partial charge on any atom is -0.744 e. The van der Waals surface area contributed by atoms with Crippen molar-refractivity contribution in [2.24, 2.45) is 0 Å². The number of aliphatic hydroxyl groups excluding tert-OH is 4. The molecule has 0 fully saturated rings. The summed E-state index contributed by atoms with van der Waals surface area (Å²) in [7, 11) is -18.8. The Bertz CT molecular complexity index is 3160. The van der Waals surface area contributed by atoms with Crippen LogP contribution >= 0.6 is 0 Å². The fourth-order valence-electron chi connectivity index (χ4n) is 6.49. The zero-order valence-electron chi connectivity index (χ0n) is 37.4. The van der Waals surface area contributed by atoms with E-state index in [1.807, 2.05) is 0 Å². The lowest BCUT2D eigenvalue weighted by Crippen LogP contribution is -2.31. The topological polar surface area (TPSA) is 419 Å². The second-order valence-corrected chi connectivity index (χ2v) is 21.0. The molecule has 0 saturated carbocycles. The fourth-order valence-corrected chi connectivity index (χ4v) is 9.03. The molecular weight excluding hydrogens is 1030 g/mol. The van der Waals surface area contributed by atoms with Gasteiger partial charge in [0, 0.05) is 55.2 Å². The average molecular weight is 1070 g/mol. The molecule has 0 atom stereocenters. The fraction of sp³-hybridized carbons (Fsp3) is 0.220. The summed E-state index contributed by atoms with van der Waals surface area (Å²) in [5.74, 6) is -0.810. The quantitative estimate of drug-likeness (QED) is 0.0308. The second-order valence-electron chi connectivity index (χ2n) is 15.0. The molecule has 31 heteroatoms. The molecule has 6 aromatic rings. The summed E-state index contributed by atoms with van der Waals surface area (Å²) < 4.78 is 133. The summed E-state index contributed by atoms with van der Waals surface area (Å²) in [4.78, 5) is 26.7. The van der Waals surface area contributed by atoms with Crippen molar-refractivity contribution >= 4 is 111 Å². The van der Waals surface area contributed by atoms with E-state index in [2.05, 4.69) is 51.2 Å². The molecule has 0 radical (unpaired) electrons. The Hall–Kier alpha value is -7.04. The molecule has 8 N–H and O–H groups in total. The molecule has 27 nitrogen and oxygen atoms in total. The second kappa shape index (κ2) is 23.0. The minimum absolute atomic E-state index is 0.0230. The Labute approximate surface area is 412 Å². The van der Waals surface area contributed by atoms with Crippen LogP contribution in [0.25, 0.3) is 12.2 Å². The first kappa shape index (κ1) is 54.3. The van der Waals surface area contributed by atoms with Crippen LogP contribution in [-0.2, 0) is 40.2 Å². The van der Waals surface area contributed by atoms with E-state index in [0.717, 1.165) is 36.6 Å². The lowest BCUT2D eigenvalue weighted by molar-refractivity contribution is 0.279. The van der Waals surface area contributed by atoms with Crippen molar-refractivity contribution in [3.63, 3.8) is 0 Å². The van der Waals surface area contributed by atoms with Crippen molar-refractivity contribution in [3.05, 3.63) is 96.1 Å². The van der Waals surface area contributed by atoms with Crippen LogP contribution in [0.4, 0.5) is 58.4 Å². The smallest absolute Gasteiger partial charge is 0.233 e. The van der Waals surface area contributed by atoms with Crippen LogP contribution in [0.5, 0.6) is 0 Å². The largest absolute Gasteiger partial charge is 0.744 e. The highest BCUT2D eigenvalue weighted by molar-refractivity contribution is 7.90. The standard InChI is InChI=1S/C41H46N12O15S4/c1-69(58,59)34-24-30(44-38-46-36(48-40(50-38)52(16-20-54)17-21-55)42-28-8-12-32(13-9-28)70(60,61)62)6-4-26(34)2-3-27-5-7-31(25-35(27)72(66,67)68)45-39-47-37(49-41(51-39)53(18-22-56)19-23-57)43-29-10-14-33(15-11-29)71(63,64)65/h2-15,24-25,54-57H,16-23H2,1H3,(H,60,61,62)(H,63,64,65)(H,66,67,68)(H2,42,44,46,48,50)(H2,43,45,47,49,51)/p-3/b3-2+. The van der Waals surface area contributed by atoms with Gasteiger partial charge in [0.1, 0.15) is 30.4 Å². The highest BCUT2D eigenvalue weighted by atomic mass is 32.2. The molecule has 0 aliphatic carbocycles. The predicted octanol–water partition coefficient (Wildman–Crippen LogP) is 0.899. The lowest BCUT2D eigenvalue weighted by atomic mass is 10.1. The van der Waals surface area contributed by atoms with Gasteiger partial charge in [-0.05, 0) is 83.9 Å². The third-order valence-corrected chi connectivity index (χ3v) is 13.5. The lowest BCUT2D eigenvalue weighted by Gasteiger charge is -2.22. The first-order valence-electron chi connectivity index (χ1n) is 20.7. The van der Waals surface area contributed by atoms with E-state index in [-0.39, 0.29) is 127 Å². The maximum Gasteiger partial charge on any atom is 0.233 e. The van der Waals surface area contributed by atoms with Gasteiger partial charge in [0.25, 0.3) is 0 Å². The number of rotatable bonds is 24. The molecule has 0 aliphatic rings. The van der Waals surface area contributed by atoms with Crippen LogP contribution in [0.15, 0.2) is 105 Å². The Morgan fingerprint density at radius 3 is 1.06 bits per heavy atom. The summed E-state index contributed by atoms with van der Waals surface area (Å²) in [6.07, 6.45) is 3.38. The minimum atomic E-state index is -5.24. The van der Waals surface area contributed by atoms with Gasteiger partial charge < -0.3 is 65.2 Å². The number of nitrogens with zero attached hydrogens (tertiary/aromatic N) is 8. The number of aromatic nitrogens is 6. The first-order chi connectivity index (χ1) is 34.0. The van der Waals surface area contributed by atoms with Crippen LogP contribution in [0.1, 0.15) is 11.1 Å². The van der Waals surface area contributed by atoms with Crippen molar-refractivity contribution in [2.75, 3.05) is 89.9 Å². The van der Waals surface area contributed by atoms with Crippen LogP contribution < -0.4 is 31.1 Å². The molecule has 0 bridgehead atoms. The number of anilines is 10. The summed E-state index contributed by atoms with van der Waals surface area (Å²) in [6, 6.07) is 16.9. The van der Waals surface area contributed by atoms with Crippen molar-refractivity contribution < 1.29 is 67.8 Å². The summed E-state index contributed by atoms with van der Waals surface area (Å²) in [5, 5.41) is 50.0. The highest BCUT2D eigenvalue weighted by Gasteiger charge is 2.19. The molecule has 0 amide bonds. The van der Waals surface area contributed by atoms with Gasteiger partial charge in [0.15, 0.2) is 9.84 Å². The molecule has 384 valence electrons. The van der Waals surface area contributed by atoms with Crippen molar-refractivity contribution in [1.82, 2.24) is 29.9 Å². The summed E-state index contributed by atoms with van der Waals surface area (Å²) in [6.45, 7) is -1.61. The van der Waals surface area contributed by atoms with Crippen LogP contribution in [-0.4, -0.2) is 157 Å².